The van der Waals surface area contributed by atoms with Crippen molar-refractivity contribution in [2.24, 2.45) is 0 Å². The molecule has 4 aliphatic rings. The summed E-state index contributed by atoms with van der Waals surface area (Å²) in [5, 5.41) is 0. The normalized spacial score (nSPS) is 28.9. The zero-order valence-electron chi connectivity index (χ0n) is 18.3. The first-order chi connectivity index (χ1) is 15.9. The van der Waals surface area contributed by atoms with Gasteiger partial charge in [0.15, 0.2) is 0 Å². The maximum Gasteiger partial charge on any atom is 0.0851 e. The van der Waals surface area contributed by atoms with Gasteiger partial charge in [-0.3, -0.25) is 0 Å². The molecular formula is C25H28Br2N2O4. The summed E-state index contributed by atoms with van der Waals surface area (Å²) in [5.74, 6) is 0. The molecule has 4 N–H and O–H groups in total. The Labute approximate surface area is 210 Å². The monoisotopic (exact) mass is 578 g/mol. The van der Waals surface area contributed by atoms with Crippen molar-refractivity contribution in [1.29, 1.82) is 0 Å². The summed E-state index contributed by atoms with van der Waals surface area (Å²) in [6.07, 6.45) is 4.39. The lowest BCUT2D eigenvalue weighted by Crippen LogP contribution is -2.33. The molecule has 6 nitrogen and oxygen atoms in total. The van der Waals surface area contributed by atoms with Crippen LogP contribution in [0.2, 0.25) is 0 Å². The number of anilines is 2. The molecule has 6 rings (SSSR count). The third kappa shape index (κ3) is 4.70. The third-order valence-electron chi connectivity index (χ3n) is 7.17. The van der Waals surface area contributed by atoms with E-state index < -0.39 is 0 Å². The molecule has 0 aromatic heterocycles. The minimum atomic E-state index is -0.338. The van der Waals surface area contributed by atoms with E-state index in [9.17, 15) is 0 Å². The Hall–Kier alpha value is -1.16. The van der Waals surface area contributed by atoms with Crippen LogP contribution in [0.25, 0.3) is 0 Å². The topological polar surface area (TPSA) is 102 Å². The van der Waals surface area contributed by atoms with E-state index in [0.29, 0.717) is 0 Å². The van der Waals surface area contributed by atoms with Crippen LogP contribution in [0.3, 0.4) is 0 Å². The molecule has 33 heavy (non-hydrogen) atoms. The number of ether oxygens (including phenoxy) is 4. The van der Waals surface area contributed by atoms with E-state index in [4.69, 9.17) is 30.4 Å². The molecule has 4 atom stereocenters. The third-order valence-corrected chi connectivity index (χ3v) is 8.68. The van der Waals surface area contributed by atoms with Gasteiger partial charge >= 0.3 is 0 Å². The molecule has 4 saturated heterocycles. The van der Waals surface area contributed by atoms with E-state index >= 15 is 0 Å². The zero-order valence-corrected chi connectivity index (χ0v) is 21.5. The highest BCUT2D eigenvalue weighted by molar-refractivity contribution is 9.11. The van der Waals surface area contributed by atoms with E-state index in [1.165, 1.54) is 22.3 Å². The first-order valence-electron chi connectivity index (χ1n) is 11.5. The smallest absolute Gasteiger partial charge is 0.0851 e. The van der Waals surface area contributed by atoms with Gasteiger partial charge in [0, 0.05) is 38.6 Å². The van der Waals surface area contributed by atoms with Crippen LogP contribution in [0.4, 0.5) is 11.4 Å². The van der Waals surface area contributed by atoms with Gasteiger partial charge in [0.2, 0.25) is 0 Å². The predicted molar refractivity (Wildman–Crippen MR) is 133 cm³/mol. The molecule has 0 saturated carbocycles. The number of benzene rings is 2. The molecule has 176 valence electrons. The van der Waals surface area contributed by atoms with Crippen molar-refractivity contribution in [3.05, 3.63) is 55.5 Å². The molecule has 2 aromatic rings. The van der Waals surface area contributed by atoms with Crippen LogP contribution in [-0.2, 0) is 37.2 Å². The number of hydrogen-bond donors (Lipinski definition) is 2. The lowest BCUT2D eigenvalue weighted by atomic mass is 9.67. The second kappa shape index (κ2) is 8.50. The van der Waals surface area contributed by atoms with Crippen molar-refractivity contribution in [3.8, 4) is 0 Å². The molecule has 4 heterocycles. The van der Waals surface area contributed by atoms with Crippen LogP contribution in [0.5, 0.6) is 0 Å². The van der Waals surface area contributed by atoms with Crippen molar-refractivity contribution < 1.29 is 18.9 Å². The van der Waals surface area contributed by atoms with Gasteiger partial charge in [0.1, 0.15) is 0 Å². The summed E-state index contributed by atoms with van der Waals surface area (Å²) < 4.78 is 24.6. The van der Waals surface area contributed by atoms with Crippen molar-refractivity contribution in [1.82, 2.24) is 0 Å². The van der Waals surface area contributed by atoms with Crippen LogP contribution in [0.15, 0.2) is 33.2 Å². The highest BCUT2D eigenvalue weighted by Crippen LogP contribution is 2.52. The first-order valence-corrected chi connectivity index (χ1v) is 13.1. The summed E-state index contributed by atoms with van der Waals surface area (Å²) in [4.78, 5) is 0. The van der Waals surface area contributed by atoms with E-state index in [0.717, 1.165) is 72.4 Å². The summed E-state index contributed by atoms with van der Waals surface area (Å²) in [5.41, 5.74) is 19.0. The molecule has 2 aromatic carbocycles. The highest BCUT2D eigenvalue weighted by Gasteiger charge is 2.47. The fourth-order valence-corrected chi connectivity index (χ4v) is 6.64. The highest BCUT2D eigenvalue weighted by atomic mass is 79.9. The second-order valence-corrected chi connectivity index (χ2v) is 11.4. The van der Waals surface area contributed by atoms with Crippen molar-refractivity contribution in [2.45, 2.75) is 55.5 Å². The van der Waals surface area contributed by atoms with Crippen LogP contribution < -0.4 is 11.5 Å². The van der Waals surface area contributed by atoms with E-state index in [2.05, 4.69) is 44.0 Å². The van der Waals surface area contributed by atoms with Gasteiger partial charge in [0.05, 0.1) is 50.8 Å². The average Bonchev–Trinajstić information content (AvgIpc) is 3.60. The molecule has 0 amide bonds. The van der Waals surface area contributed by atoms with Crippen LogP contribution in [0.1, 0.15) is 35.1 Å². The largest absolute Gasteiger partial charge is 0.399 e. The Morgan fingerprint density at radius 2 is 1.36 bits per heavy atom. The van der Waals surface area contributed by atoms with Gasteiger partial charge < -0.3 is 30.4 Å². The van der Waals surface area contributed by atoms with Gasteiger partial charge in [-0.1, -0.05) is 28.1 Å². The Kier molecular flexibility index (Phi) is 5.75. The fraction of sp³-hybridized carbons (Fsp3) is 0.520. The Morgan fingerprint density at radius 1 is 0.788 bits per heavy atom. The SMILES string of the molecule is Nc1ccc(C(CC2CO2)(CC2CO2)c2cc(CC3CO3)c(CC3CO3)c(N)c2Br)c(Br)c1. The summed E-state index contributed by atoms with van der Waals surface area (Å²) in [6, 6.07) is 8.46. The lowest BCUT2D eigenvalue weighted by Gasteiger charge is -2.37. The summed E-state index contributed by atoms with van der Waals surface area (Å²) >= 11 is 7.76. The average molecular weight is 580 g/mol. The lowest BCUT2D eigenvalue weighted by molar-refractivity contribution is 0.298. The van der Waals surface area contributed by atoms with Crippen LogP contribution >= 0.6 is 31.9 Å². The fourth-order valence-electron chi connectivity index (χ4n) is 5.13. The molecule has 0 bridgehead atoms. The maximum absolute atomic E-state index is 6.85. The standard InChI is InChI=1S/C25H28Br2N2O4/c26-22-5-14(28)1-2-20(22)25(7-17-11-32-17,8-18-12-33-18)21-4-13(3-15-9-30-15)19(6-16-10-31-16)24(29)23(21)27/h1-2,4-5,15-18H,3,6-12,28-29H2. The van der Waals surface area contributed by atoms with Crippen molar-refractivity contribution >= 4 is 43.2 Å². The molecule has 0 aliphatic carbocycles. The molecule has 4 fully saturated rings. The predicted octanol–water partition coefficient (Wildman–Crippen LogP) is 4.12. The van der Waals surface area contributed by atoms with E-state index in [1.807, 2.05) is 12.1 Å². The number of rotatable bonds is 10. The minimum Gasteiger partial charge on any atom is -0.399 e. The molecule has 0 spiro atoms. The van der Waals surface area contributed by atoms with Gasteiger partial charge in [0.25, 0.3) is 0 Å². The molecule has 8 heteroatoms. The minimum absolute atomic E-state index is 0.219. The van der Waals surface area contributed by atoms with E-state index in [1.54, 1.807) is 0 Å². The number of halogens is 2. The molecule has 4 aliphatic heterocycles. The molecule has 0 radical (unpaired) electrons. The van der Waals surface area contributed by atoms with Gasteiger partial charge in [-0.05, 0) is 63.2 Å². The molecular weight excluding hydrogens is 552 g/mol. The van der Waals surface area contributed by atoms with Gasteiger partial charge in [-0.15, -0.1) is 0 Å². The number of hydrogen-bond acceptors (Lipinski definition) is 6. The maximum atomic E-state index is 6.85. The van der Waals surface area contributed by atoms with Gasteiger partial charge in [-0.25, -0.2) is 0 Å². The number of nitrogen functional groups attached to an aromatic ring is 2. The van der Waals surface area contributed by atoms with Crippen LogP contribution in [-0.4, -0.2) is 50.8 Å². The van der Waals surface area contributed by atoms with Crippen LogP contribution in [0, 0.1) is 0 Å². The molecule has 4 unspecified atom stereocenters. The quantitative estimate of drug-likeness (QED) is 0.324. The summed E-state index contributed by atoms with van der Waals surface area (Å²) in [6.45, 7) is 3.18. The van der Waals surface area contributed by atoms with Crippen molar-refractivity contribution in [3.63, 3.8) is 0 Å². The zero-order chi connectivity index (χ0) is 22.7. The Morgan fingerprint density at radius 3 is 1.91 bits per heavy atom. The first kappa shape index (κ1) is 22.3. The summed E-state index contributed by atoms with van der Waals surface area (Å²) in [7, 11) is 0. The number of nitrogens with two attached hydrogens (primary N) is 2. The Balaban J connectivity index is 1.54. The number of epoxide rings is 4. The Bertz CT molecular complexity index is 1060. The van der Waals surface area contributed by atoms with E-state index in [-0.39, 0.29) is 29.8 Å². The second-order valence-electron chi connectivity index (χ2n) is 9.75. The van der Waals surface area contributed by atoms with Gasteiger partial charge in [-0.2, -0.15) is 0 Å². The van der Waals surface area contributed by atoms with Crippen molar-refractivity contribution in [2.75, 3.05) is 37.9 Å².